The second kappa shape index (κ2) is 10.1. The van der Waals surface area contributed by atoms with Crippen molar-refractivity contribution in [2.24, 2.45) is 5.92 Å². The smallest absolute Gasteiger partial charge is 0.247 e. The Morgan fingerprint density at radius 2 is 1.80 bits per heavy atom. The molecule has 0 bridgehead atoms. The molecule has 1 heterocycles. The summed E-state index contributed by atoms with van der Waals surface area (Å²) in [6, 6.07) is 12.6. The van der Waals surface area contributed by atoms with Crippen LogP contribution >= 0.6 is 11.6 Å². The number of hydrogen-bond donors (Lipinski definition) is 0. The molecule has 3 rings (SSSR count). The van der Waals surface area contributed by atoms with Crippen molar-refractivity contribution < 1.29 is 13.2 Å². The number of likely N-dealkylation sites (tertiary alicyclic amines) is 1. The molecule has 1 aliphatic rings. The molecule has 0 amide bonds. The molecule has 164 valence electrons. The van der Waals surface area contributed by atoms with E-state index < -0.39 is 10.0 Å². The van der Waals surface area contributed by atoms with Crippen molar-refractivity contribution in [1.29, 1.82) is 0 Å². The zero-order valence-corrected chi connectivity index (χ0v) is 19.5. The maximum Gasteiger partial charge on any atom is 0.247 e. The topological polar surface area (TPSA) is 49.9 Å². The molecule has 1 fully saturated rings. The van der Waals surface area contributed by atoms with Gasteiger partial charge in [-0.05, 0) is 74.2 Å². The number of rotatable bonds is 8. The normalized spacial score (nSPS) is 16.2. The molecule has 30 heavy (non-hydrogen) atoms. The molecular weight excluding hydrogens is 420 g/mol. The van der Waals surface area contributed by atoms with Crippen LogP contribution in [0.2, 0.25) is 5.02 Å². The minimum absolute atomic E-state index is 0.214. The molecule has 7 heteroatoms. The van der Waals surface area contributed by atoms with Crippen LogP contribution in [0, 0.1) is 12.8 Å². The fourth-order valence-electron chi connectivity index (χ4n) is 3.74. The van der Waals surface area contributed by atoms with Gasteiger partial charge in [-0.3, -0.25) is 0 Å². The molecule has 0 atom stereocenters. The number of nitrogens with zero attached hydrogens (tertiary/aromatic N) is 2. The summed E-state index contributed by atoms with van der Waals surface area (Å²) in [7, 11) is -2.24. The molecule has 2 aromatic carbocycles. The summed E-state index contributed by atoms with van der Waals surface area (Å²) in [4.78, 5) is 2.57. The van der Waals surface area contributed by atoms with Crippen LogP contribution in [0.3, 0.4) is 0 Å². The van der Waals surface area contributed by atoms with Crippen LogP contribution in [0.4, 0.5) is 0 Å². The van der Waals surface area contributed by atoms with Crippen LogP contribution in [-0.4, -0.2) is 50.9 Å². The Kier molecular flexibility index (Phi) is 7.80. The van der Waals surface area contributed by atoms with E-state index in [0.29, 0.717) is 30.4 Å². The van der Waals surface area contributed by atoms with Gasteiger partial charge < -0.3 is 9.64 Å². The van der Waals surface area contributed by atoms with Crippen LogP contribution in [0.15, 0.2) is 47.4 Å². The molecule has 1 saturated heterocycles. The van der Waals surface area contributed by atoms with Crippen molar-refractivity contribution in [3.05, 3.63) is 58.6 Å². The van der Waals surface area contributed by atoms with Crippen LogP contribution in [0.25, 0.3) is 0 Å². The summed E-state index contributed by atoms with van der Waals surface area (Å²) in [5.41, 5.74) is 1.78. The molecule has 0 aromatic heterocycles. The molecule has 0 saturated carbocycles. The van der Waals surface area contributed by atoms with E-state index in [4.69, 9.17) is 16.3 Å². The average molecular weight is 451 g/mol. The van der Waals surface area contributed by atoms with Gasteiger partial charge in [0.2, 0.25) is 10.0 Å². The van der Waals surface area contributed by atoms with Crippen molar-refractivity contribution in [3.8, 4) is 5.75 Å². The predicted octanol–water partition coefficient (Wildman–Crippen LogP) is 4.58. The number of benzene rings is 2. The maximum absolute atomic E-state index is 13.7. The number of hydrogen-bond acceptors (Lipinski definition) is 4. The fourth-order valence-corrected chi connectivity index (χ4v) is 5.53. The first kappa shape index (κ1) is 23.1. The lowest BCUT2D eigenvalue weighted by atomic mass is 9.99. The highest BCUT2D eigenvalue weighted by molar-refractivity contribution is 7.89. The van der Waals surface area contributed by atoms with Gasteiger partial charge in [0.1, 0.15) is 10.6 Å². The highest BCUT2D eigenvalue weighted by atomic mass is 35.5. The lowest BCUT2D eigenvalue weighted by Gasteiger charge is -2.32. The third-order valence-corrected chi connectivity index (χ3v) is 7.87. The number of sulfonamides is 1. The Bertz CT molecular complexity index is 939. The average Bonchev–Trinajstić information content (AvgIpc) is 2.73. The lowest BCUT2D eigenvalue weighted by Crippen LogP contribution is -2.41. The first-order valence-electron chi connectivity index (χ1n) is 10.4. The zero-order chi connectivity index (χ0) is 21.7. The minimum Gasteiger partial charge on any atom is -0.495 e. The standard InChI is InChI=1S/C23H31ClN2O3S/c1-18-10-12-25(13-11-18)14-15-26(17-20-5-7-21(24)8-6-20)30(27,28)23-16-19(2)4-9-22(23)29-3/h4-9,16,18H,10-15,17H2,1-3H3. The number of halogens is 1. The molecule has 1 aliphatic heterocycles. The van der Waals surface area contributed by atoms with E-state index in [2.05, 4.69) is 11.8 Å². The first-order valence-corrected chi connectivity index (χ1v) is 12.2. The van der Waals surface area contributed by atoms with Gasteiger partial charge in [0.15, 0.2) is 0 Å². The van der Waals surface area contributed by atoms with E-state index in [1.165, 1.54) is 7.11 Å². The summed E-state index contributed by atoms with van der Waals surface area (Å²) >= 11 is 6.01. The summed E-state index contributed by atoms with van der Waals surface area (Å²) < 4.78 is 34.3. The van der Waals surface area contributed by atoms with Gasteiger partial charge >= 0.3 is 0 Å². The Labute approximate surface area is 185 Å². The Balaban J connectivity index is 1.87. The minimum atomic E-state index is -3.74. The highest BCUT2D eigenvalue weighted by Gasteiger charge is 2.29. The maximum atomic E-state index is 13.7. The molecule has 0 spiro atoms. The van der Waals surface area contributed by atoms with Gasteiger partial charge in [-0.2, -0.15) is 4.31 Å². The predicted molar refractivity (Wildman–Crippen MR) is 122 cm³/mol. The fraction of sp³-hybridized carbons (Fsp3) is 0.478. The van der Waals surface area contributed by atoms with Gasteiger partial charge in [-0.1, -0.05) is 36.7 Å². The summed E-state index contributed by atoms with van der Waals surface area (Å²) in [6.45, 7) is 7.63. The highest BCUT2D eigenvalue weighted by Crippen LogP contribution is 2.29. The lowest BCUT2D eigenvalue weighted by molar-refractivity contribution is 0.181. The third kappa shape index (κ3) is 5.76. The Hall–Kier alpha value is -1.60. The molecule has 0 radical (unpaired) electrons. The van der Waals surface area contributed by atoms with Crippen LogP contribution in [-0.2, 0) is 16.6 Å². The monoisotopic (exact) mass is 450 g/mol. The third-order valence-electron chi connectivity index (χ3n) is 5.75. The Morgan fingerprint density at radius 1 is 1.13 bits per heavy atom. The van der Waals surface area contributed by atoms with Crippen molar-refractivity contribution in [1.82, 2.24) is 9.21 Å². The van der Waals surface area contributed by atoms with Crippen molar-refractivity contribution in [2.75, 3.05) is 33.3 Å². The van der Waals surface area contributed by atoms with E-state index in [9.17, 15) is 8.42 Å². The van der Waals surface area contributed by atoms with Gasteiger partial charge in [-0.15, -0.1) is 0 Å². The summed E-state index contributed by atoms with van der Waals surface area (Å²) in [6.07, 6.45) is 2.32. The van der Waals surface area contributed by atoms with E-state index in [1.54, 1.807) is 28.6 Å². The molecule has 5 nitrogen and oxygen atoms in total. The van der Waals surface area contributed by atoms with Crippen molar-refractivity contribution in [2.45, 2.75) is 38.1 Å². The molecule has 0 aliphatic carbocycles. The van der Waals surface area contributed by atoms with Crippen molar-refractivity contribution >= 4 is 21.6 Å². The van der Waals surface area contributed by atoms with Gasteiger partial charge in [0.25, 0.3) is 0 Å². The SMILES string of the molecule is COc1ccc(C)cc1S(=O)(=O)N(CCN1CCC(C)CC1)Cc1ccc(Cl)cc1. The molecular formula is C23H31ClN2O3S. The molecule has 0 N–H and O–H groups in total. The molecule has 2 aromatic rings. The zero-order valence-electron chi connectivity index (χ0n) is 18.0. The Morgan fingerprint density at radius 3 is 2.43 bits per heavy atom. The number of piperidine rings is 1. The van der Waals surface area contributed by atoms with E-state index in [0.717, 1.165) is 43.0 Å². The van der Waals surface area contributed by atoms with Crippen LogP contribution in [0.5, 0.6) is 5.75 Å². The second-order valence-corrected chi connectivity index (χ2v) is 10.5. The molecule has 0 unspecified atom stereocenters. The van der Waals surface area contributed by atoms with Gasteiger partial charge in [-0.25, -0.2) is 8.42 Å². The number of methoxy groups -OCH3 is 1. The van der Waals surface area contributed by atoms with Crippen LogP contribution in [0.1, 0.15) is 30.9 Å². The van der Waals surface area contributed by atoms with Gasteiger partial charge in [0.05, 0.1) is 7.11 Å². The summed E-state index contributed by atoms with van der Waals surface area (Å²) in [5, 5.41) is 0.635. The van der Waals surface area contributed by atoms with Crippen molar-refractivity contribution in [3.63, 3.8) is 0 Å². The van der Waals surface area contributed by atoms with Gasteiger partial charge in [0, 0.05) is 24.7 Å². The largest absolute Gasteiger partial charge is 0.495 e. The van der Waals surface area contributed by atoms with E-state index in [1.807, 2.05) is 25.1 Å². The van der Waals surface area contributed by atoms with E-state index >= 15 is 0 Å². The van der Waals surface area contributed by atoms with E-state index in [-0.39, 0.29) is 4.90 Å². The first-order chi connectivity index (χ1) is 14.3. The quantitative estimate of drug-likeness (QED) is 0.590. The van der Waals surface area contributed by atoms with Crippen LogP contribution < -0.4 is 4.74 Å². The number of aryl methyl sites for hydroxylation is 1. The second-order valence-electron chi connectivity index (χ2n) is 8.14. The number of ether oxygens (including phenoxy) is 1. The summed E-state index contributed by atoms with van der Waals surface area (Å²) in [5.74, 6) is 1.11.